The van der Waals surface area contributed by atoms with E-state index in [1.807, 2.05) is 20.8 Å². The molecule has 1 aromatic heterocycles. The van der Waals surface area contributed by atoms with Gasteiger partial charge < -0.3 is 20.3 Å². The molecule has 1 heterocycles. The second-order valence-corrected chi connectivity index (χ2v) is 6.65. The summed E-state index contributed by atoms with van der Waals surface area (Å²) in [5, 5.41) is 10.5. The van der Waals surface area contributed by atoms with Gasteiger partial charge in [0.15, 0.2) is 0 Å². The van der Waals surface area contributed by atoms with Crippen LogP contribution in [0.1, 0.15) is 44.4 Å². The van der Waals surface area contributed by atoms with Crippen molar-refractivity contribution >= 4 is 5.91 Å². The van der Waals surface area contributed by atoms with E-state index < -0.39 is 6.10 Å². The lowest BCUT2D eigenvalue weighted by Gasteiger charge is -2.14. The van der Waals surface area contributed by atoms with Crippen molar-refractivity contribution in [1.29, 1.82) is 0 Å². The number of amides is 1. The first kappa shape index (κ1) is 19.7. The van der Waals surface area contributed by atoms with Gasteiger partial charge in [0.05, 0.1) is 12.7 Å². The van der Waals surface area contributed by atoms with Gasteiger partial charge in [-0.2, -0.15) is 0 Å². The molecular weight excluding hydrogens is 332 g/mol. The third-order valence-electron chi connectivity index (χ3n) is 3.71. The van der Waals surface area contributed by atoms with Gasteiger partial charge in [-0.1, -0.05) is 19.1 Å². The summed E-state index contributed by atoms with van der Waals surface area (Å²) in [5.41, 5.74) is 6.59. The second kappa shape index (κ2) is 9.20. The van der Waals surface area contributed by atoms with Gasteiger partial charge in [0.1, 0.15) is 11.9 Å². The van der Waals surface area contributed by atoms with Crippen LogP contribution in [0.15, 0.2) is 42.6 Å². The van der Waals surface area contributed by atoms with E-state index in [1.54, 1.807) is 42.6 Å². The summed E-state index contributed by atoms with van der Waals surface area (Å²) in [6, 6.07) is 10.7. The summed E-state index contributed by atoms with van der Waals surface area (Å²) in [4.78, 5) is 15.1. The number of nitrogens with zero attached hydrogens (tertiary/aromatic N) is 1. The Morgan fingerprint density at radius 1 is 1.12 bits per heavy atom. The minimum atomic E-state index is -0.779. The highest BCUT2D eigenvalue weighted by molar-refractivity contribution is 5.73. The monoisotopic (exact) mass is 358 g/mol. The van der Waals surface area contributed by atoms with Gasteiger partial charge in [-0.3, -0.25) is 4.79 Å². The molecule has 26 heavy (non-hydrogen) atoms. The molecule has 6 heteroatoms. The molecule has 0 radical (unpaired) electrons. The molecule has 0 fully saturated rings. The summed E-state index contributed by atoms with van der Waals surface area (Å²) < 4.78 is 11.1. The van der Waals surface area contributed by atoms with Crippen LogP contribution in [-0.2, 0) is 4.79 Å². The molecule has 140 valence electrons. The first-order valence-electron chi connectivity index (χ1n) is 8.67. The highest BCUT2D eigenvalue weighted by Gasteiger charge is 2.12. The van der Waals surface area contributed by atoms with Crippen molar-refractivity contribution in [2.45, 2.75) is 39.4 Å². The molecule has 2 atom stereocenters. The van der Waals surface area contributed by atoms with Crippen LogP contribution in [0.25, 0.3) is 0 Å². The van der Waals surface area contributed by atoms with Gasteiger partial charge in [0.25, 0.3) is 0 Å². The molecule has 0 saturated heterocycles. The molecule has 3 N–H and O–H groups in total. The van der Waals surface area contributed by atoms with Gasteiger partial charge in [-0.25, -0.2) is 4.98 Å². The van der Waals surface area contributed by atoms with E-state index in [9.17, 15) is 9.90 Å². The van der Waals surface area contributed by atoms with Crippen LogP contribution in [0.2, 0.25) is 0 Å². The normalized spacial score (nSPS) is 13.3. The molecule has 0 aliphatic heterocycles. The zero-order valence-corrected chi connectivity index (χ0v) is 15.4. The van der Waals surface area contributed by atoms with E-state index in [0.29, 0.717) is 30.2 Å². The Kier molecular flexibility index (Phi) is 6.97. The number of aromatic nitrogens is 1. The lowest BCUT2D eigenvalue weighted by molar-refractivity contribution is -0.119. The maximum Gasteiger partial charge on any atom is 0.217 e. The second-order valence-electron chi connectivity index (χ2n) is 6.65. The minimum Gasteiger partial charge on any atom is -0.493 e. The van der Waals surface area contributed by atoms with E-state index in [2.05, 4.69) is 4.98 Å². The molecule has 1 aromatic carbocycles. The van der Waals surface area contributed by atoms with Crippen LogP contribution in [0.5, 0.6) is 11.6 Å². The van der Waals surface area contributed by atoms with Crippen LogP contribution in [0.4, 0.5) is 0 Å². The zero-order chi connectivity index (χ0) is 19.1. The van der Waals surface area contributed by atoms with Gasteiger partial charge in [-0.15, -0.1) is 0 Å². The molecule has 0 aliphatic carbocycles. The summed E-state index contributed by atoms with van der Waals surface area (Å²) in [6.45, 7) is 6.18. The molecule has 2 rings (SSSR count). The number of nitrogens with two attached hydrogens (primary N) is 1. The van der Waals surface area contributed by atoms with Crippen molar-refractivity contribution in [3.8, 4) is 11.6 Å². The fraction of sp³-hybridized carbons (Fsp3) is 0.400. The standard InChI is InChI=1S/C20H26N2O4/c1-13(2)26-19-9-6-16(11-22-19)20(24)15-4-7-17(8-5-15)25-12-14(3)10-18(21)23/h4-9,11,13-14,20,24H,10,12H2,1-3H3,(H2,21,23)/t14-,20?/m0/s1. The highest BCUT2D eigenvalue weighted by atomic mass is 16.5. The number of ether oxygens (including phenoxy) is 2. The Labute approximate surface area is 154 Å². The van der Waals surface area contributed by atoms with Crippen molar-refractivity contribution in [3.05, 3.63) is 53.7 Å². The number of carbonyl (C=O) groups is 1. The topological polar surface area (TPSA) is 94.7 Å². The van der Waals surface area contributed by atoms with Crippen LogP contribution < -0.4 is 15.2 Å². The summed E-state index contributed by atoms with van der Waals surface area (Å²) in [5.74, 6) is 0.925. The number of aliphatic hydroxyl groups excluding tert-OH is 1. The molecular formula is C20H26N2O4. The van der Waals surface area contributed by atoms with E-state index in [1.165, 1.54) is 0 Å². The zero-order valence-electron chi connectivity index (χ0n) is 15.4. The molecule has 0 aliphatic rings. The van der Waals surface area contributed by atoms with Crippen LogP contribution >= 0.6 is 0 Å². The lowest BCUT2D eigenvalue weighted by Crippen LogP contribution is -2.18. The number of aliphatic hydroxyl groups is 1. The van der Waals surface area contributed by atoms with Gasteiger partial charge in [0, 0.05) is 24.2 Å². The molecule has 1 amide bonds. The predicted octanol–water partition coefficient (Wildman–Crippen LogP) is 2.84. The highest BCUT2D eigenvalue weighted by Crippen LogP contribution is 2.25. The smallest absolute Gasteiger partial charge is 0.217 e. The maximum absolute atomic E-state index is 10.9. The quantitative estimate of drug-likeness (QED) is 0.719. The largest absolute Gasteiger partial charge is 0.493 e. The molecule has 1 unspecified atom stereocenters. The molecule has 0 spiro atoms. The number of hydrogen-bond acceptors (Lipinski definition) is 5. The fourth-order valence-electron chi connectivity index (χ4n) is 2.44. The molecule has 0 bridgehead atoms. The average Bonchev–Trinajstić information content (AvgIpc) is 2.59. The molecule has 6 nitrogen and oxygen atoms in total. The Bertz CT molecular complexity index is 699. The number of pyridine rings is 1. The number of benzene rings is 1. The van der Waals surface area contributed by atoms with E-state index >= 15 is 0 Å². The lowest BCUT2D eigenvalue weighted by atomic mass is 10.0. The third kappa shape index (κ3) is 6.04. The van der Waals surface area contributed by atoms with Crippen LogP contribution in [-0.4, -0.2) is 28.7 Å². The van der Waals surface area contributed by atoms with Gasteiger partial charge >= 0.3 is 0 Å². The van der Waals surface area contributed by atoms with Crippen molar-refractivity contribution in [2.24, 2.45) is 11.7 Å². The minimum absolute atomic E-state index is 0.0513. The summed E-state index contributed by atoms with van der Waals surface area (Å²) >= 11 is 0. The van der Waals surface area contributed by atoms with Crippen LogP contribution in [0.3, 0.4) is 0 Å². The first-order chi connectivity index (χ1) is 12.3. The summed E-state index contributed by atoms with van der Waals surface area (Å²) in [7, 11) is 0. The SMILES string of the molecule is CC(C)Oc1ccc(C(O)c2ccc(OC[C@@H](C)CC(N)=O)cc2)cn1. The average molecular weight is 358 g/mol. The number of carbonyl (C=O) groups excluding carboxylic acids is 1. The van der Waals surface area contributed by atoms with E-state index in [0.717, 1.165) is 5.56 Å². The third-order valence-corrected chi connectivity index (χ3v) is 3.71. The van der Waals surface area contributed by atoms with Crippen molar-refractivity contribution in [1.82, 2.24) is 4.98 Å². The Morgan fingerprint density at radius 3 is 2.31 bits per heavy atom. The summed E-state index contributed by atoms with van der Waals surface area (Å²) in [6.07, 6.45) is 1.17. The van der Waals surface area contributed by atoms with Gasteiger partial charge in [-0.05, 0) is 43.5 Å². The predicted molar refractivity (Wildman–Crippen MR) is 99.0 cm³/mol. The molecule has 2 aromatic rings. The fourth-order valence-corrected chi connectivity index (χ4v) is 2.44. The first-order valence-corrected chi connectivity index (χ1v) is 8.67. The van der Waals surface area contributed by atoms with Crippen molar-refractivity contribution in [3.63, 3.8) is 0 Å². The molecule has 0 saturated carbocycles. The van der Waals surface area contributed by atoms with E-state index in [-0.39, 0.29) is 17.9 Å². The van der Waals surface area contributed by atoms with Gasteiger partial charge in [0.2, 0.25) is 11.8 Å². The van der Waals surface area contributed by atoms with Crippen LogP contribution in [0, 0.1) is 5.92 Å². The van der Waals surface area contributed by atoms with E-state index in [4.69, 9.17) is 15.2 Å². The Morgan fingerprint density at radius 2 is 1.77 bits per heavy atom. The maximum atomic E-state index is 10.9. The van der Waals surface area contributed by atoms with Crippen molar-refractivity contribution < 1.29 is 19.4 Å². The number of rotatable bonds is 9. The van der Waals surface area contributed by atoms with Crippen molar-refractivity contribution in [2.75, 3.05) is 6.61 Å². The number of hydrogen-bond donors (Lipinski definition) is 2. The number of primary amides is 1. The Hall–Kier alpha value is -2.60. The Balaban J connectivity index is 1.95.